The molecule has 1 unspecified atom stereocenters. The van der Waals surface area contributed by atoms with Gasteiger partial charge in [-0.2, -0.15) is 0 Å². The molecule has 1 atom stereocenters. The number of aromatic nitrogens is 2. The Kier molecular flexibility index (Phi) is 2.02. The number of imidazole rings is 1. The van der Waals surface area contributed by atoms with Gasteiger partial charge >= 0.3 is 0 Å². The Labute approximate surface area is 85.8 Å². The summed E-state index contributed by atoms with van der Waals surface area (Å²) in [6, 6.07) is 4.97. The van der Waals surface area contributed by atoms with E-state index in [1.54, 1.807) is 18.2 Å². The van der Waals surface area contributed by atoms with Gasteiger partial charge in [0.25, 0.3) is 0 Å². The molecule has 4 nitrogen and oxygen atoms in total. The van der Waals surface area contributed by atoms with Crippen LogP contribution in [-0.2, 0) is 9.80 Å². The van der Waals surface area contributed by atoms with E-state index in [-0.39, 0.29) is 5.16 Å². The van der Waals surface area contributed by atoms with E-state index in [9.17, 15) is 4.21 Å². The second-order valence-electron chi connectivity index (χ2n) is 2.84. The molecule has 0 spiro atoms. The van der Waals surface area contributed by atoms with Crippen molar-refractivity contribution in [3.8, 4) is 0 Å². The Hall–Kier alpha value is -1.04. The first-order valence-corrected chi connectivity index (χ1v) is 5.78. The highest BCUT2D eigenvalue weighted by Gasteiger charge is 2.09. The first-order chi connectivity index (χ1) is 6.47. The number of halogens is 1. The Morgan fingerprint density at radius 3 is 2.93 bits per heavy atom. The second-order valence-corrected chi connectivity index (χ2v) is 4.95. The molecule has 1 aromatic carbocycles. The summed E-state index contributed by atoms with van der Waals surface area (Å²) in [6.45, 7) is 0. The van der Waals surface area contributed by atoms with Crippen molar-refractivity contribution >= 4 is 38.3 Å². The minimum atomic E-state index is -3.29. The molecule has 2 rings (SSSR count). The van der Waals surface area contributed by atoms with Crippen LogP contribution in [0.4, 0.5) is 0 Å². The number of hydrogen-bond donors (Lipinski definition) is 2. The molecule has 0 saturated carbocycles. The minimum absolute atomic E-state index is 0.0326. The maximum atomic E-state index is 11.2. The quantitative estimate of drug-likeness (QED) is 0.734. The Balaban J connectivity index is 2.75. The monoisotopic (exact) mass is 230 g/mol. The number of nitrogens with one attached hydrogen (secondary N) is 1. The van der Waals surface area contributed by atoms with Gasteiger partial charge in [-0.1, -0.05) is 11.6 Å². The van der Waals surface area contributed by atoms with Gasteiger partial charge in [0, 0.05) is 5.02 Å². The summed E-state index contributed by atoms with van der Waals surface area (Å²) < 4.78 is 20.3. The molecule has 0 aliphatic heterocycles. The molecule has 1 aromatic heterocycles. The maximum Gasteiger partial charge on any atom is 0.214 e. The molecule has 0 aliphatic rings. The van der Waals surface area contributed by atoms with Gasteiger partial charge in [0.2, 0.25) is 5.16 Å². The van der Waals surface area contributed by atoms with Crippen LogP contribution in [0.15, 0.2) is 23.4 Å². The largest absolute Gasteiger partial charge is 0.329 e. The predicted octanol–water partition coefficient (Wildman–Crippen LogP) is 1.76. The van der Waals surface area contributed by atoms with Gasteiger partial charge < -0.3 is 9.54 Å². The van der Waals surface area contributed by atoms with Crippen LogP contribution in [0.5, 0.6) is 0 Å². The van der Waals surface area contributed by atoms with E-state index in [1.807, 2.05) is 0 Å². The molecular formula is C8H7ClN2O2S. The molecule has 2 N–H and O–H groups in total. The number of fused-ring (bicyclic) bond motifs is 1. The van der Waals surface area contributed by atoms with Crippen LogP contribution >= 0.6 is 11.6 Å². The third-order valence-electron chi connectivity index (χ3n) is 1.72. The van der Waals surface area contributed by atoms with E-state index in [0.717, 1.165) is 0 Å². The number of H-pyrrole nitrogens is 1. The standard InChI is InChI=1S/C8H7ClN2O2S/c1-14(12,13)8-10-6-3-2-5(9)4-7(6)11-8/h2-4H,1H2,(H,10,11)(H,12,13). The summed E-state index contributed by atoms with van der Waals surface area (Å²) in [5.74, 6) is 3.11. The third kappa shape index (κ3) is 1.61. The number of nitrogens with zero attached hydrogens (tertiary/aromatic N) is 1. The van der Waals surface area contributed by atoms with Crippen molar-refractivity contribution in [3.05, 3.63) is 23.2 Å². The van der Waals surface area contributed by atoms with Crippen molar-refractivity contribution in [2.45, 2.75) is 5.16 Å². The van der Waals surface area contributed by atoms with Crippen LogP contribution in [0.2, 0.25) is 5.02 Å². The van der Waals surface area contributed by atoms with Crippen molar-refractivity contribution < 1.29 is 8.76 Å². The van der Waals surface area contributed by atoms with Crippen molar-refractivity contribution in [1.29, 1.82) is 0 Å². The highest BCUT2D eigenvalue weighted by Crippen LogP contribution is 2.18. The van der Waals surface area contributed by atoms with Crippen LogP contribution in [0, 0.1) is 0 Å². The molecule has 74 valence electrons. The summed E-state index contributed by atoms with van der Waals surface area (Å²) in [5.41, 5.74) is 1.22. The number of benzene rings is 1. The zero-order valence-corrected chi connectivity index (χ0v) is 8.60. The average molecular weight is 231 g/mol. The summed E-state index contributed by atoms with van der Waals surface area (Å²) in [7, 11) is -3.29. The van der Waals surface area contributed by atoms with Gasteiger partial charge in [-0.3, -0.25) is 0 Å². The van der Waals surface area contributed by atoms with Crippen molar-refractivity contribution in [2.24, 2.45) is 0 Å². The fraction of sp³-hybridized carbons (Fsp3) is 0. The summed E-state index contributed by atoms with van der Waals surface area (Å²) in [5, 5.41) is 0.510. The van der Waals surface area contributed by atoms with Crippen molar-refractivity contribution in [3.63, 3.8) is 0 Å². The Morgan fingerprint density at radius 1 is 1.57 bits per heavy atom. The molecule has 2 aromatic rings. The lowest BCUT2D eigenvalue weighted by Gasteiger charge is -1.92. The van der Waals surface area contributed by atoms with E-state index in [2.05, 4.69) is 15.8 Å². The van der Waals surface area contributed by atoms with Crippen LogP contribution in [-0.4, -0.2) is 24.6 Å². The van der Waals surface area contributed by atoms with E-state index in [0.29, 0.717) is 16.1 Å². The molecule has 0 fully saturated rings. The smallest absolute Gasteiger partial charge is 0.214 e. The molecule has 0 bridgehead atoms. The maximum absolute atomic E-state index is 11.2. The highest BCUT2D eigenvalue weighted by atomic mass is 35.5. The van der Waals surface area contributed by atoms with Crippen molar-refractivity contribution in [1.82, 2.24) is 9.97 Å². The van der Waals surface area contributed by atoms with Gasteiger partial charge in [-0.15, -0.1) is 0 Å². The zero-order valence-electron chi connectivity index (χ0n) is 7.03. The number of hydrogen-bond acceptors (Lipinski definition) is 2. The molecule has 0 amide bonds. The first-order valence-electron chi connectivity index (χ1n) is 3.72. The van der Waals surface area contributed by atoms with Crippen LogP contribution in [0.1, 0.15) is 0 Å². The van der Waals surface area contributed by atoms with Crippen LogP contribution in [0.3, 0.4) is 0 Å². The molecule has 0 radical (unpaired) electrons. The fourth-order valence-corrected chi connectivity index (χ4v) is 1.79. The lowest BCUT2D eigenvalue weighted by atomic mass is 10.3. The molecular weight excluding hydrogens is 224 g/mol. The van der Waals surface area contributed by atoms with E-state index in [4.69, 9.17) is 16.2 Å². The number of rotatable bonds is 1. The van der Waals surface area contributed by atoms with Gasteiger partial charge in [0.1, 0.15) is 9.80 Å². The normalized spacial score (nSPS) is 15.6. The first kappa shape index (κ1) is 9.51. The van der Waals surface area contributed by atoms with Gasteiger partial charge in [0.15, 0.2) is 0 Å². The van der Waals surface area contributed by atoms with E-state index < -0.39 is 9.80 Å². The lowest BCUT2D eigenvalue weighted by molar-refractivity contribution is 0.553. The third-order valence-corrected chi connectivity index (χ3v) is 2.76. The van der Waals surface area contributed by atoms with Crippen LogP contribution in [0.25, 0.3) is 11.0 Å². The molecule has 0 saturated heterocycles. The van der Waals surface area contributed by atoms with E-state index >= 15 is 0 Å². The molecule has 0 aliphatic carbocycles. The molecule has 6 heteroatoms. The van der Waals surface area contributed by atoms with Crippen molar-refractivity contribution in [2.75, 3.05) is 0 Å². The summed E-state index contributed by atoms with van der Waals surface area (Å²) in [4.78, 5) is 6.62. The highest BCUT2D eigenvalue weighted by molar-refractivity contribution is 7.94. The van der Waals surface area contributed by atoms with Gasteiger partial charge in [-0.25, -0.2) is 9.19 Å². The van der Waals surface area contributed by atoms with E-state index in [1.165, 1.54) is 0 Å². The SMILES string of the molecule is C=S(=O)(O)c1nc2ccc(Cl)cc2[nH]1. The van der Waals surface area contributed by atoms with Crippen LogP contribution < -0.4 is 0 Å². The minimum Gasteiger partial charge on any atom is -0.329 e. The Bertz CT molecular complexity index is 588. The predicted molar refractivity (Wildman–Crippen MR) is 57.3 cm³/mol. The second kappa shape index (κ2) is 2.98. The van der Waals surface area contributed by atoms with Gasteiger partial charge in [0.05, 0.1) is 11.0 Å². The lowest BCUT2D eigenvalue weighted by Crippen LogP contribution is -1.99. The zero-order chi connectivity index (χ0) is 10.3. The Morgan fingerprint density at radius 2 is 2.29 bits per heavy atom. The summed E-state index contributed by atoms with van der Waals surface area (Å²) in [6.07, 6.45) is 0. The molecule has 14 heavy (non-hydrogen) atoms. The number of aromatic amines is 1. The topological polar surface area (TPSA) is 66.0 Å². The molecule has 1 heterocycles. The fourth-order valence-electron chi connectivity index (χ4n) is 1.11. The average Bonchev–Trinajstić information content (AvgIpc) is 2.45. The van der Waals surface area contributed by atoms with Gasteiger partial charge in [-0.05, 0) is 24.1 Å². The summed E-state index contributed by atoms with van der Waals surface area (Å²) >= 11 is 5.74.